The lowest BCUT2D eigenvalue weighted by Gasteiger charge is -2.33. The van der Waals surface area contributed by atoms with Crippen LogP contribution in [-0.2, 0) is 10.3 Å². The molecule has 0 fully saturated rings. The van der Waals surface area contributed by atoms with Gasteiger partial charge in [-0.1, -0.05) is 84.4 Å². The maximum absolute atomic E-state index is 13.4. The fraction of sp³-hybridized carbons (Fsp3) is 0.0833. The van der Waals surface area contributed by atoms with Crippen molar-refractivity contribution < 1.29 is 4.79 Å². The molecular weight excluding hydrogens is 368 g/mol. The Morgan fingerprint density at radius 3 is 2.11 bits per heavy atom. The van der Waals surface area contributed by atoms with Crippen molar-refractivity contribution in [2.45, 2.75) is 11.5 Å². The van der Waals surface area contributed by atoms with Gasteiger partial charge < -0.3 is 5.32 Å². The molecule has 0 radical (unpaired) electrons. The van der Waals surface area contributed by atoms with Gasteiger partial charge in [-0.15, -0.1) is 0 Å². The molecule has 4 heteroatoms. The van der Waals surface area contributed by atoms with Gasteiger partial charge in [-0.05, 0) is 29.3 Å². The fourth-order valence-corrected chi connectivity index (χ4v) is 3.80. The van der Waals surface area contributed by atoms with Crippen molar-refractivity contribution in [1.82, 2.24) is 5.32 Å². The first kappa shape index (κ1) is 18.0. The first-order chi connectivity index (χ1) is 13.6. The first-order valence-electron chi connectivity index (χ1n) is 8.93. The van der Waals surface area contributed by atoms with Gasteiger partial charge in [0, 0.05) is 16.3 Å². The van der Waals surface area contributed by atoms with Gasteiger partial charge in [0.2, 0.25) is 0 Å². The molecule has 1 heterocycles. The SMILES string of the molecule is [C-]#[N+][C@@]1(c2ccccc2)C(=O)NC(c2ccccc2)=C[C@H]1c1ccc(Cl)cc1. The molecule has 3 aromatic carbocycles. The molecule has 136 valence electrons. The molecule has 0 bridgehead atoms. The van der Waals surface area contributed by atoms with Gasteiger partial charge in [-0.25, -0.2) is 6.57 Å². The van der Waals surface area contributed by atoms with Crippen LogP contribution < -0.4 is 5.32 Å². The smallest absolute Gasteiger partial charge is 0.318 e. The summed E-state index contributed by atoms with van der Waals surface area (Å²) >= 11 is 6.07. The van der Waals surface area contributed by atoms with E-state index in [1.807, 2.05) is 78.9 Å². The van der Waals surface area contributed by atoms with E-state index in [1.54, 1.807) is 12.1 Å². The average Bonchev–Trinajstić information content (AvgIpc) is 2.75. The summed E-state index contributed by atoms with van der Waals surface area (Å²) in [7, 11) is 0. The molecule has 0 saturated heterocycles. The van der Waals surface area contributed by atoms with Crippen molar-refractivity contribution in [3.63, 3.8) is 0 Å². The fourth-order valence-electron chi connectivity index (χ4n) is 3.67. The lowest BCUT2D eigenvalue weighted by atomic mass is 9.71. The van der Waals surface area contributed by atoms with Gasteiger partial charge in [-0.2, -0.15) is 0 Å². The number of rotatable bonds is 3. The molecule has 28 heavy (non-hydrogen) atoms. The third-order valence-electron chi connectivity index (χ3n) is 5.08. The van der Waals surface area contributed by atoms with E-state index in [0.29, 0.717) is 16.3 Å². The molecule has 0 saturated carbocycles. The highest BCUT2D eigenvalue weighted by atomic mass is 35.5. The summed E-state index contributed by atoms with van der Waals surface area (Å²) < 4.78 is 0. The zero-order valence-electron chi connectivity index (χ0n) is 15.0. The van der Waals surface area contributed by atoms with Gasteiger partial charge >= 0.3 is 11.4 Å². The van der Waals surface area contributed by atoms with Crippen molar-refractivity contribution in [1.29, 1.82) is 0 Å². The van der Waals surface area contributed by atoms with E-state index in [2.05, 4.69) is 10.2 Å². The summed E-state index contributed by atoms with van der Waals surface area (Å²) in [5.41, 5.74) is 1.77. The van der Waals surface area contributed by atoms with E-state index in [1.165, 1.54) is 0 Å². The van der Waals surface area contributed by atoms with Crippen LogP contribution in [-0.4, -0.2) is 5.91 Å². The molecule has 4 rings (SSSR count). The highest BCUT2D eigenvalue weighted by Gasteiger charge is 2.56. The Hall–Kier alpha value is -3.35. The number of carbonyl (C=O) groups excluding carboxylic acids is 1. The van der Waals surface area contributed by atoms with Gasteiger partial charge in [0.25, 0.3) is 0 Å². The standard InChI is InChI=1S/C24H17ClN2O/c1-26-24(19-10-6-3-7-11-19)21(17-12-14-20(25)15-13-17)16-22(27-23(24)28)18-8-4-2-5-9-18/h2-16,21H,(H,27,28)/t21-,24+/m0/s1. The predicted molar refractivity (Wildman–Crippen MR) is 111 cm³/mol. The lowest BCUT2D eigenvalue weighted by molar-refractivity contribution is -0.124. The van der Waals surface area contributed by atoms with E-state index >= 15 is 0 Å². The van der Waals surface area contributed by atoms with Crippen molar-refractivity contribution in [2.75, 3.05) is 0 Å². The molecule has 3 aromatic rings. The Bertz CT molecular complexity index is 1070. The van der Waals surface area contributed by atoms with Crippen molar-refractivity contribution >= 4 is 23.2 Å². The van der Waals surface area contributed by atoms with Crippen LogP contribution in [0, 0.1) is 6.57 Å². The molecule has 0 unspecified atom stereocenters. The molecule has 0 spiro atoms. The van der Waals surface area contributed by atoms with Crippen LogP contribution in [0.15, 0.2) is 91.0 Å². The van der Waals surface area contributed by atoms with Crippen molar-refractivity contribution in [3.05, 3.63) is 124 Å². The maximum Gasteiger partial charge on any atom is 0.344 e. The number of carbonyl (C=O) groups is 1. The third-order valence-corrected chi connectivity index (χ3v) is 5.33. The van der Waals surface area contributed by atoms with E-state index in [9.17, 15) is 4.79 Å². The van der Waals surface area contributed by atoms with Gasteiger partial charge in [0.15, 0.2) is 0 Å². The van der Waals surface area contributed by atoms with E-state index < -0.39 is 11.5 Å². The first-order valence-corrected chi connectivity index (χ1v) is 9.31. The summed E-state index contributed by atoms with van der Waals surface area (Å²) in [5.74, 6) is -0.774. The van der Waals surface area contributed by atoms with Crippen LogP contribution in [0.3, 0.4) is 0 Å². The Balaban J connectivity index is 1.95. The van der Waals surface area contributed by atoms with Crippen LogP contribution in [0.5, 0.6) is 0 Å². The minimum atomic E-state index is -1.38. The second kappa shape index (κ2) is 7.34. The Labute approximate surface area is 169 Å². The van der Waals surface area contributed by atoms with E-state index in [0.717, 1.165) is 11.1 Å². The van der Waals surface area contributed by atoms with Crippen LogP contribution in [0.4, 0.5) is 0 Å². The molecule has 1 N–H and O–H groups in total. The molecule has 3 nitrogen and oxygen atoms in total. The molecule has 0 aliphatic carbocycles. The molecule has 1 aliphatic rings. The molecule has 1 aliphatic heterocycles. The Kier molecular flexibility index (Phi) is 4.73. The van der Waals surface area contributed by atoms with Gasteiger partial charge in [0.1, 0.15) is 0 Å². The molecule has 1 amide bonds. The number of hydrogen-bond acceptors (Lipinski definition) is 1. The summed E-state index contributed by atoms with van der Waals surface area (Å²) in [6, 6.07) is 26.3. The summed E-state index contributed by atoms with van der Waals surface area (Å²) in [6.07, 6.45) is 1.98. The minimum absolute atomic E-state index is 0.324. The Morgan fingerprint density at radius 1 is 0.893 bits per heavy atom. The average molecular weight is 385 g/mol. The molecule has 2 atom stereocenters. The number of nitrogens with zero attached hydrogens (tertiary/aromatic N) is 1. The lowest BCUT2D eigenvalue weighted by Crippen LogP contribution is -2.48. The molecular formula is C24H17ClN2O. The highest BCUT2D eigenvalue weighted by Crippen LogP contribution is 2.46. The normalized spacial score (nSPS) is 21.4. The topological polar surface area (TPSA) is 33.5 Å². The number of benzene rings is 3. The zero-order chi connectivity index (χ0) is 19.6. The van der Waals surface area contributed by atoms with E-state index in [4.69, 9.17) is 18.2 Å². The van der Waals surface area contributed by atoms with Crippen LogP contribution in [0.25, 0.3) is 10.5 Å². The van der Waals surface area contributed by atoms with Crippen molar-refractivity contribution in [3.8, 4) is 0 Å². The summed E-state index contributed by atoms with van der Waals surface area (Å²) in [5, 5.41) is 3.58. The zero-order valence-corrected chi connectivity index (χ0v) is 15.7. The number of nitrogens with one attached hydrogen (secondary N) is 1. The Morgan fingerprint density at radius 2 is 1.50 bits per heavy atom. The second-order valence-corrected chi connectivity index (χ2v) is 7.11. The minimum Gasteiger partial charge on any atom is -0.318 e. The largest absolute Gasteiger partial charge is 0.344 e. The number of hydrogen-bond donors (Lipinski definition) is 1. The van der Waals surface area contributed by atoms with Crippen LogP contribution in [0.2, 0.25) is 5.02 Å². The van der Waals surface area contributed by atoms with Crippen LogP contribution in [0.1, 0.15) is 22.6 Å². The van der Waals surface area contributed by atoms with Gasteiger partial charge in [-0.3, -0.25) is 9.64 Å². The molecule has 0 aromatic heterocycles. The second-order valence-electron chi connectivity index (χ2n) is 6.67. The maximum atomic E-state index is 13.4. The number of amides is 1. The quantitative estimate of drug-likeness (QED) is 0.602. The highest BCUT2D eigenvalue weighted by molar-refractivity contribution is 6.30. The predicted octanol–water partition coefficient (Wildman–Crippen LogP) is 5.41. The summed E-state index contributed by atoms with van der Waals surface area (Å²) in [4.78, 5) is 17.3. The van der Waals surface area contributed by atoms with Crippen molar-refractivity contribution in [2.24, 2.45) is 0 Å². The number of halogens is 1. The monoisotopic (exact) mass is 384 g/mol. The van der Waals surface area contributed by atoms with Gasteiger partial charge in [0.05, 0.1) is 5.92 Å². The van der Waals surface area contributed by atoms with E-state index in [-0.39, 0.29) is 5.91 Å². The summed E-state index contributed by atoms with van der Waals surface area (Å²) in [6.45, 7) is 8.01. The van der Waals surface area contributed by atoms with Crippen LogP contribution >= 0.6 is 11.6 Å². The third kappa shape index (κ3) is 2.98.